The Morgan fingerprint density at radius 1 is 1.07 bits per heavy atom. The van der Waals surface area contributed by atoms with Crippen molar-refractivity contribution in [3.05, 3.63) is 75.9 Å². The number of carbonyl (C=O) groups is 1. The molecule has 0 aliphatic rings. The smallest absolute Gasteiger partial charge is 0.316 e. The van der Waals surface area contributed by atoms with E-state index in [2.05, 4.69) is 20.4 Å². The van der Waals surface area contributed by atoms with Gasteiger partial charge in [0, 0.05) is 23.1 Å². The molecule has 0 radical (unpaired) electrons. The molecule has 0 aliphatic carbocycles. The van der Waals surface area contributed by atoms with Gasteiger partial charge >= 0.3 is 11.8 Å². The summed E-state index contributed by atoms with van der Waals surface area (Å²) in [4.78, 5) is 21.1. The zero-order valence-corrected chi connectivity index (χ0v) is 16.3. The predicted molar refractivity (Wildman–Crippen MR) is 108 cm³/mol. The van der Waals surface area contributed by atoms with Gasteiger partial charge < -0.3 is 9.84 Å². The number of benzene rings is 2. The highest BCUT2D eigenvalue weighted by molar-refractivity contribution is 7.09. The van der Waals surface area contributed by atoms with Gasteiger partial charge in [-0.05, 0) is 25.5 Å². The summed E-state index contributed by atoms with van der Waals surface area (Å²) in [6, 6.07) is 15.6. The summed E-state index contributed by atoms with van der Waals surface area (Å²) in [6.07, 6.45) is 0. The number of nitrogens with zero attached hydrogens (tertiary/aromatic N) is 3. The number of aromatic nitrogens is 3. The van der Waals surface area contributed by atoms with E-state index in [4.69, 9.17) is 4.52 Å². The Balaban J connectivity index is 1.49. The highest BCUT2D eigenvalue weighted by Gasteiger charge is 2.16. The van der Waals surface area contributed by atoms with Crippen LogP contribution in [0, 0.1) is 13.8 Å². The lowest BCUT2D eigenvalue weighted by atomic mass is 10.1. The van der Waals surface area contributed by atoms with Crippen molar-refractivity contribution in [3.8, 4) is 22.6 Å². The van der Waals surface area contributed by atoms with E-state index < -0.39 is 5.91 Å². The predicted octanol–water partition coefficient (Wildman–Crippen LogP) is 4.41. The third kappa shape index (κ3) is 3.99. The van der Waals surface area contributed by atoms with Gasteiger partial charge in [0.1, 0.15) is 0 Å². The molecule has 4 aromatic rings. The first-order chi connectivity index (χ1) is 13.6. The third-order valence-electron chi connectivity index (χ3n) is 4.19. The Hall–Kier alpha value is -3.32. The van der Waals surface area contributed by atoms with Crippen LogP contribution in [0.4, 0.5) is 0 Å². The van der Waals surface area contributed by atoms with Gasteiger partial charge in [0.25, 0.3) is 0 Å². The van der Waals surface area contributed by atoms with Crippen molar-refractivity contribution in [2.45, 2.75) is 20.4 Å². The normalized spacial score (nSPS) is 10.8. The second kappa shape index (κ2) is 7.74. The van der Waals surface area contributed by atoms with Crippen molar-refractivity contribution < 1.29 is 9.32 Å². The summed E-state index contributed by atoms with van der Waals surface area (Å²) in [7, 11) is 0. The SMILES string of the molecule is Cc1cccc(CNC(=O)c2nc(-c3cccc(-c4csc(C)n4)c3)no2)c1. The van der Waals surface area contributed by atoms with Crippen LogP contribution in [-0.4, -0.2) is 21.0 Å². The molecule has 1 N–H and O–H groups in total. The minimum Gasteiger partial charge on any atom is -0.344 e. The van der Waals surface area contributed by atoms with Crippen LogP contribution in [0.15, 0.2) is 58.4 Å². The van der Waals surface area contributed by atoms with E-state index in [-0.39, 0.29) is 5.89 Å². The van der Waals surface area contributed by atoms with Crippen LogP contribution >= 0.6 is 11.3 Å². The van der Waals surface area contributed by atoms with Crippen molar-refractivity contribution in [2.24, 2.45) is 0 Å². The van der Waals surface area contributed by atoms with Crippen LogP contribution < -0.4 is 5.32 Å². The summed E-state index contributed by atoms with van der Waals surface area (Å²) in [6.45, 7) is 4.38. The second-order valence-corrected chi connectivity index (χ2v) is 7.49. The highest BCUT2D eigenvalue weighted by Crippen LogP contribution is 2.26. The molecule has 2 aromatic carbocycles. The van der Waals surface area contributed by atoms with E-state index in [1.165, 1.54) is 0 Å². The molecule has 0 unspecified atom stereocenters. The number of hydrogen-bond donors (Lipinski definition) is 1. The number of amides is 1. The standard InChI is InChI=1S/C21H18N4O2S/c1-13-5-3-6-15(9-13)11-22-20(26)21-24-19(25-27-21)17-8-4-7-16(10-17)18-12-28-14(2)23-18/h3-10,12H,11H2,1-2H3,(H,22,26). The van der Waals surface area contributed by atoms with Crippen molar-refractivity contribution in [1.82, 2.24) is 20.4 Å². The Labute approximate surface area is 166 Å². The van der Waals surface area contributed by atoms with Crippen molar-refractivity contribution in [2.75, 3.05) is 0 Å². The molecule has 0 saturated heterocycles. The van der Waals surface area contributed by atoms with Crippen LogP contribution in [0.2, 0.25) is 0 Å². The zero-order valence-electron chi connectivity index (χ0n) is 15.5. The fraction of sp³-hybridized carbons (Fsp3) is 0.143. The Morgan fingerprint density at radius 2 is 1.89 bits per heavy atom. The number of thiazole rings is 1. The maximum absolute atomic E-state index is 12.3. The molecule has 140 valence electrons. The number of nitrogens with one attached hydrogen (secondary N) is 1. The van der Waals surface area contributed by atoms with Crippen LogP contribution in [0.25, 0.3) is 22.6 Å². The average molecular weight is 390 g/mol. The van der Waals surface area contributed by atoms with E-state index in [1.54, 1.807) is 11.3 Å². The van der Waals surface area contributed by atoms with E-state index in [1.807, 2.05) is 67.8 Å². The Bertz CT molecular complexity index is 1130. The lowest BCUT2D eigenvalue weighted by Gasteiger charge is -2.03. The molecule has 0 atom stereocenters. The van der Waals surface area contributed by atoms with Crippen LogP contribution in [0.3, 0.4) is 0 Å². The first kappa shape index (κ1) is 18.1. The molecular formula is C21H18N4O2S. The Kier molecular flexibility index (Phi) is 4.99. The van der Waals surface area contributed by atoms with E-state index in [0.29, 0.717) is 12.4 Å². The molecule has 0 aliphatic heterocycles. The summed E-state index contributed by atoms with van der Waals surface area (Å²) >= 11 is 1.60. The monoisotopic (exact) mass is 390 g/mol. The summed E-state index contributed by atoms with van der Waals surface area (Å²) in [5.74, 6) is -0.0846. The van der Waals surface area contributed by atoms with Gasteiger partial charge in [0.2, 0.25) is 5.82 Å². The van der Waals surface area contributed by atoms with Crippen molar-refractivity contribution in [3.63, 3.8) is 0 Å². The van der Waals surface area contributed by atoms with Gasteiger partial charge in [-0.3, -0.25) is 4.79 Å². The Morgan fingerprint density at radius 3 is 2.68 bits per heavy atom. The lowest BCUT2D eigenvalue weighted by molar-refractivity contribution is 0.0907. The number of aryl methyl sites for hydroxylation is 2. The van der Waals surface area contributed by atoms with Gasteiger partial charge in [0.15, 0.2) is 0 Å². The van der Waals surface area contributed by atoms with Crippen LogP contribution in [0.1, 0.15) is 26.8 Å². The number of carbonyl (C=O) groups excluding carboxylic acids is 1. The van der Waals surface area contributed by atoms with Gasteiger partial charge in [-0.2, -0.15) is 4.98 Å². The maximum Gasteiger partial charge on any atom is 0.316 e. The zero-order chi connectivity index (χ0) is 19.5. The largest absolute Gasteiger partial charge is 0.344 e. The number of hydrogen-bond acceptors (Lipinski definition) is 6. The molecule has 1 amide bonds. The van der Waals surface area contributed by atoms with E-state index in [0.717, 1.165) is 33.0 Å². The van der Waals surface area contributed by atoms with Gasteiger partial charge in [0.05, 0.1) is 10.7 Å². The average Bonchev–Trinajstić information content (AvgIpc) is 3.36. The molecule has 4 rings (SSSR count). The molecule has 0 fully saturated rings. The first-order valence-electron chi connectivity index (χ1n) is 8.79. The number of rotatable bonds is 5. The maximum atomic E-state index is 12.3. The van der Waals surface area contributed by atoms with Gasteiger partial charge in [-0.1, -0.05) is 53.2 Å². The summed E-state index contributed by atoms with van der Waals surface area (Å²) in [5.41, 5.74) is 4.80. The lowest BCUT2D eigenvalue weighted by Crippen LogP contribution is -2.23. The summed E-state index contributed by atoms with van der Waals surface area (Å²) < 4.78 is 5.16. The van der Waals surface area contributed by atoms with Crippen molar-refractivity contribution >= 4 is 17.2 Å². The molecular weight excluding hydrogens is 372 g/mol. The third-order valence-corrected chi connectivity index (χ3v) is 4.96. The molecule has 28 heavy (non-hydrogen) atoms. The van der Waals surface area contributed by atoms with Gasteiger partial charge in [-0.25, -0.2) is 4.98 Å². The summed E-state index contributed by atoms with van der Waals surface area (Å²) in [5, 5.41) is 9.77. The minimum absolute atomic E-state index is 0.0578. The molecule has 2 aromatic heterocycles. The van der Waals surface area contributed by atoms with Crippen LogP contribution in [-0.2, 0) is 6.54 Å². The highest BCUT2D eigenvalue weighted by atomic mass is 32.1. The fourth-order valence-corrected chi connectivity index (χ4v) is 3.45. The molecule has 0 saturated carbocycles. The van der Waals surface area contributed by atoms with E-state index in [9.17, 15) is 4.79 Å². The van der Waals surface area contributed by atoms with Gasteiger partial charge in [-0.15, -0.1) is 11.3 Å². The topological polar surface area (TPSA) is 80.9 Å². The molecule has 7 heteroatoms. The second-order valence-electron chi connectivity index (χ2n) is 6.43. The molecule has 0 bridgehead atoms. The molecule has 6 nitrogen and oxygen atoms in total. The van der Waals surface area contributed by atoms with Crippen molar-refractivity contribution in [1.29, 1.82) is 0 Å². The fourth-order valence-electron chi connectivity index (χ4n) is 2.83. The quantitative estimate of drug-likeness (QED) is 0.546. The minimum atomic E-state index is -0.397. The first-order valence-corrected chi connectivity index (χ1v) is 9.67. The van der Waals surface area contributed by atoms with E-state index >= 15 is 0 Å². The van der Waals surface area contributed by atoms with Crippen LogP contribution in [0.5, 0.6) is 0 Å². The molecule has 2 heterocycles. The molecule has 0 spiro atoms.